The largest absolute Gasteiger partial charge is 0.361 e. The van der Waals surface area contributed by atoms with E-state index in [1.807, 2.05) is 0 Å². The molecule has 1 aromatic carbocycles. The van der Waals surface area contributed by atoms with Crippen LogP contribution in [0.5, 0.6) is 0 Å². The molecular formula is C13H13FN2O2. The summed E-state index contributed by atoms with van der Waals surface area (Å²) in [7, 11) is 1.52. The van der Waals surface area contributed by atoms with Gasteiger partial charge in [0, 0.05) is 30.6 Å². The fraction of sp³-hybridized carbons (Fsp3) is 0.231. The van der Waals surface area contributed by atoms with Crippen LogP contribution in [0.3, 0.4) is 0 Å². The van der Waals surface area contributed by atoms with E-state index in [2.05, 4.69) is 10.3 Å². The van der Waals surface area contributed by atoms with Gasteiger partial charge >= 0.3 is 0 Å². The highest BCUT2D eigenvalue weighted by molar-refractivity contribution is 5.93. The average molecular weight is 248 g/mol. The number of halogens is 1. The Morgan fingerprint density at radius 2 is 2.33 bits per heavy atom. The maximum atomic E-state index is 13.1. The summed E-state index contributed by atoms with van der Waals surface area (Å²) in [6, 6.07) is 4.30. The Hall–Kier alpha value is -2.17. The third-order valence-corrected chi connectivity index (χ3v) is 2.95. The lowest BCUT2D eigenvalue weighted by Crippen LogP contribution is -2.25. The number of aromatic amines is 1. The Kier molecular flexibility index (Phi) is 3.41. The van der Waals surface area contributed by atoms with E-state index >= 15 is 0 Å². The predicted molar refractivity (Wildman–Crippen MR) is 65.7 cm³/mol. The molecule has 94 valence electrons. The second-order valence-electron chi connectivity index (χ2n) is 4.00. The molecule has 1 heterocycles. The molecule has 1 atom stereocenters. The molecule has 1 unspecified atom stereocenters. The fourth-order valence-corrected chi connectivity index (χ4v) is 2.05. The van der Waals surface area contributed by atoms with Crippen LogP contribution in [-0.2, 0) is 9.59 Å². The van der Waals surface area contributed by atoms with Gasteiger partial charge in [-0.1, -0.05) is 0 Å². The van der Waals surface area contributed by atoms with Crippen molar-refractivity contribution in [3.8, 4) is 0 Å². The number of hydrogen-bond donors (Lipinski definition) is 2. The first-order valence-electron chi connectivity index (χ1n) is 5.59. The van der Waals surface area contributed by atoms with Gasteiger partial charge in [0.05, 0.1) is 5.92 Å². The first-order valence-corrected chi connectivity index (χ1v) is 5.59. The van der Waals surface area contributed by atoms with Gasteiger partial charge in [0.25, 0.3) is 0 Å². The van der Waals surface area contributed by atoms with E-state index in [1.165, 1.54) is 19.2 Å². The van der Waals surface area contributed by atoms with Crippen LogP contribution < -0.4 is 5.32 Å². The Labute approximate surface area is 103 Å². The van der Waals surface area contributed by atoms with Gasteiger partial charge in [-0.05, 0) is 23.8 Å². The van der Waals surface area contributed by atoms with Crippen molar-refractivity contribution in [1.29, 1.82) is 0 Å². The van der Waals surface area contributed by atoms with Crippen LogP contribution >= 0.6 is 0 Å². The highest BCUT2D eigenvalue weighted by atomic mass is 19.1. The zero-order valence-electron chi connectivity index (χ0n) is 9.87. The third-order valence-electron chi connectivity index (χ3n) is 2.95. The van der Waals surface area contributed by atoms with Crippen LogP contribution in [0.25, 0.3) is 10.9 Å². The summed E-state index contributed by atoms with van der Waals surface area (Å²) in [6.45, 7) is 0. The molecule has 4 nitrogen and oxygen atoms in total. The number of likely N-dealkylation sites (N-methyl/N-ethyl adjacent to an activating group) is 1. The number of fused-ring (bicyclic) bond motifs is 1. The number of aldehydes is 1. The first-order chi connectivity index (χ1) is 8.67. The second-order valence-corrected chi connectivity index (χ2v) is 4.00. The Bertz CT molecular complexity index is 592. The van der Waals surface area contributed by atoms with Gasteiger partial charge in [-0.3, -0.25) is 4.79 Å². The van der Waals surface area contributed by atoms with Crippen LogP contribution in [0, 0.1) is 5.82 Å². The number of hydrogen-bond acceptors (Lipinski definition) is 2. The van der Waals surface area contributed by atoms with Gasteiger partial charge in [-0.25, -0.2) is 4.39 Å². The summed E-state index contributed by atoms with van der Waals surface area (Å²) < 4.78 is 13.1. The molecule has 18 heavy (non-hydrogen) atoms. The van der Waals surface area contributed by atoms with Gasteiger partial charge in [0.1, 0.15) is 12.1 Å². The maximum absolute atomic E-state index is 13.1. The highest BCUT2D eigenvalue weighted by Gasteiger charge is 2.22. The molecular weight excluding hydrogens is 235 g/mol. The quantitative estimate of drug-likeness (QED) is 0.809. The minimum atomic E-state index is -0.549. The second kappa shape index (κ2) is 5.00. The SMILES string of the molecule is CNC(=O)C(CC=O)c1c[nH]c2cc(F)ccc12. The molecule has 2 aromatic rings. The number of carbonyl (C=O) groups excluding carboxylic acids is 2. The number of carbonyl (C=O) groups is 2. The van der Waals surface area contributed by atoms with Crippen molar-refractivity contribution in [1.82, 2.24) is 10.3 Å². The predicted octanol–water partition coefficient (Wildman–Crippen LogP) is 1.73. The molecule has 2 rings (SSSR count). The number of aromatic nitrogens is 1. The van der Waals surface area contributed by atoms with Crippen LogP contribution in [0.1, 0.15) is 17.9 Å². The summed E-state index contributed by atoms with van der Waals surface area (Å²) in [5.74, 6) is -1.12. The van der Waals surface area contributed by atoms with E-state index in [0.717, 1.165) is 5.39 Å². The van der Waals surface area contributed by atoms with Crippen LogP contribution in [0.4, 0.5) is 4.39 Å². The minimum absolute atomic E-state index is 0.101. The Morgan fingerprint density at radius 1 is 1.56 bits per heavy atom. The number of nitrogens with one attached hydrogen (secondary N) is 2. The molecule has 0 radical (unpaired) electrons. The smallest absolute Gasteiger partial charge is 0.227 e. The van der Waals surface area contributed by atoms with Crippen molar-refractivity contribution < 1.29 is 14.0 Å². The fourth-order valence-electron chi connectivity index (χ4n) is 2.05. The molecule has 1 aromatic heterocycles. The van der Waals surface area contributed by atoms with E-state index in [4.69, 9.17) is 0 Å². The summed E-state index contributed by atoms with van der Waals surface area (Å²) in [5, 5.41) is 3.28. The normalized spacial score (nSPS) is 12.3. The molecule has 0 saturated heterocycles. The van der Waals surface area contributed by atoms with Gasteiger partial charge in [0.15, 0.2) is 0 Å². The first kappa shape index (κ1) is 12.3. The maximum Gasteiger partial charge on any atom is 0.227 e. The third kappa shape index (κ3) is 2.11. The topological polar surface area (TPSA) is 62.0 Å². The average Bonchev–Trinajstić information content (AvgIpc) is 2.77. The van der Waals surface area contributed by atoms with Crippen molar-refractivity contribution in [2.75, 3.05) is 7.05 Å². The zero-order valence-corrected chi connectivity index (χ0v) is 9.87. The number of benzene rings is 1. The number of rotatable bonds is 4. The van der Waals surface area contributed by atoms with Crippen molar-refractivity contribution in [2.45, 2.75) is 12.3 Å². The van der Waals surface area contributed by atoms with Crippen molar-refractivity contribution in [3.63, 3.8) is 0 Å². The van der Waals surface area contributed by atoms with E-state index in [0.29, 0.717) is 17.4 Å². The summed E-state index contributed by atoms with van der Waals surface area (Å²) in [5.41, 5.74) is 1.32. The van der Waals surface area contributed by atoms with Crippen LogP contribution in [0.2, 0.25) is 0 Å². The molecule has 0 aliphatic carbocycles. The van der Waals surface area contributed by atoms with Gasteiger partial charge in [-0.15, -0.1) is 0 Å². The van der Waals surface area contributed by atoms with Crippen molar-refractivity contribution in [2.24, 2.45) is 0 Å². The van der Waals surface area contributed by atoms with Gasteiger partial charge in [0.2, 0.25) is 5.91 Å². The molecule has 0 aliphatic rings. The number of H-pyrrole nitrogens is 1. The molecule has 0 saturated carbocycles. The Balaban J connectivity index is 2.50. The lowest BCUT2D eigenvalue weighted by Gasteiger charge is -2.11. The van der Waals surface area contributed by atoms with E-state index in [1.54, 1.807) is 12.3 Å². The molecule has 1 amide bonds. The van der Waals surface area contributed by atoms with E-state index in [9.17, 15) is 14.0 Å². The zero-order chi connectivity index (χ0) is 13.1. The lowest BCUT2D eigenvalue weighted by molar-refractivity contribution is -0.123. The highest BCUT2D eigenvalue weighted by Crippen LogP contribution is 2.28. The van der Waals surface area contributed by atoms with Gasteiger partial charge in [-0.2, -0.15) is 0 Å². The monoisotopic (exact) mass is 248 g/mol. The van der Waals surface area contributed by atoms with Crippen molar-refractivity contribution >= 4 is 23.1 Å². The molecule has 5 heteroatoms. The molecule has 0 spiro atoms. The van der Waals surface area contributed by atoms with E-state index < -0.39 is 5.92 Å². The lowest BCUT2D eigenvalue weighted by atomic mass is 9.95. The summed E-state index contributed by atoms with van der Waals surface area (Å²) >= 11 is 0. The minimum Gasteiger partial charge on any atom is -0.361 e. The summed E-state index contributed by atoms with van der Waals surface area (Å²) in [6.07, 6.45) is 2.46. The molecule has 0 bridgehead atoms. The Morgan fingerprint density at radius 3 is 3.00 bits per heavy atom. The van der Waals surface area contributed by atoms with Gasteiger partial charge < -0.3 is 15.1 Å². The van der Waals surface area contributed by atoms with Crippen molar-refractivity contribution in [3.05, 3.63) is 35.8 Å². The standard InChI is InChI=1S/C13H13FN2O2/c1-15-13(18)10(4-5-17)11-7-16-12-6-8(14)2-3-9(11)12/h2-3,5-7,10,16H,4H2,1H3,(H,15,18). The summed E-state index contributed by atoms with van der Waals surface area (Å²) in [4.78, 5) is 25.3. The number of amides is 1. The molecule has 2 N–H and O–H groups in total. The molecule has 0 aliphatic heterocycles. The van der Waals surface area contributed by atoms with E-state index in [-0.39, 0.29) is 18.1 Å². The van der Waals surface area contributed by atoms with Crippen LogP contribution in [-0.4, -0.2) is 24.2 Å². The van der Waals surface area contributed by atoms with Crippen LogP contribution in [0.15, 0.2) is 24.4 Å². The molecule has 0 fully saturated rings.